The predicted octanol–water partition coefficient (Wildman–Crippen LogP) is 5.07. The van der Waals surface area contributed by atoms with Gasteiger partial charge in [-0.2, -0.15) is 0 Å². The van der Waals surface area contributed by atoms with Crippen LogP contribution in [0.2, 0.25) is 10.0 Å². The number of halogens is 3. The monoisotopic (exact) mass is 357 g/mol. The molecule has 0 amide bonds. The van der Waals surface area contributed by atoms with Crippen molar-refractivity contribution in [2.24, 2.45) is 0 Å². The summed E-state index contributed by atoms with van der Waals surface area (Å²) in [5, 5.41) is 0.983. The van der Waals surface area contributed by atoms with E-state index in [-0.39, 0.29) is 5.78 Å². The summed E-state index contributed by atoms with van der Waals surface area (Å²) in [7, 11) is 0. The van der Waals surface area contributed by atoms with E-state index in [0.29, 0.717) is 16.5 Å². The number of hydrogen-bond donors (Lipinski definition) is 0. The number of carbonyl (C=O) groups excluding carboxylic acids is 1. The van der Waals surface area contributed by atoms with Crippen molar-refractivity contribution < 1.29 is 4.79 Å². The SMILES string of the molecule is O=C1CCCc2c1ccn2-c1ccc(Br)c(Cl)c1Cl. The quantitative estimate of drug-likeness (QED) is 0.652. The van der Waals surface area contributed by atoms with Crippen molar-refractivity contribution in [3.05, 3.63) is 50.2 Å². The van der Waals surface area contributed by atoms with Gasteiger partial charge >= 0.3 is 0 Å². The minimum atomic E-state index is 0.208. The normalized spacial score (nSPS) is 14.6. The Morgan fingerprint density at radius 1 is 1.11 bits per heavy atom. The highest BCUT2D eigenvalue weighted by Crippen LogP contribution is 2.36. The number of rotatable bonds is 1. The predicted molar refractivity (Wildman–Crippen MR) is 80.8 cm³/mol. The van der Waals surface area contributed by atoms with Crippen molar-refractivity contribution in [3.8, 4) is 5.69 Å². The molecule has 0 radical (unpaired) electrons. The maximum atomic E-state index is 11.9. The molecule has 0 saturated carbocycles. The fourth-order valence-electron chi connectivity index (χ4n) is 2.45. The highest BCUT2D eigenvalue weighted by Gasteiger charge is 2.22. The first-order valence-electron chi connectivity index (χ1n) is 5.97. The van der Waals surface area contributed by atoms with Crippen LogP contribution in [0.3, 0.4) is 0 Å². The van der Waals surface area contributed by atoms with Crippen molar-refractivity contribution in [2.75, 3.05) is 0 Å². The standard InChI is InChI=1S/C14H10BrCl2NO/c15-9-4-5-11(14(17)13(9)16)18-7-6-8-10(18)2-1-3-12(8)19/h4-7H,1-3H2. The zero-order valence-corrected chi connectivity index (χ0v) is 13.0. The van der Waals surface area contributed by atoms with Crippen LogP contribution in [0.15, 0.2) is 28.9 Å². The first kappa shape index (κ1) is 13.2. The zero-order valence-electron chi connectivity index (χ0n) is 9.92. The number of fused-ring (bicyclic) bond motifs is 1. The number of ketones is 1. The Kier molecular flexibility index (Phi) is 3.46. The number of hydrogen-bond acceptors (Lipinski definition) is 1. The minimum Gasteiger partial charge on any atom is -0.319 e. The van der Waals surface area contributed by atoms with E-state index in [1.807, 2.05) is 29.0 Å². The van der Waals surface area contributed by atoms with E-state index in [4.69, 9.17) is 23.2 Å². The van der Waals surface area contributed by atoms with Gasteiger partial charge in [-0.15, -0.1) is 0 Å². The molecule has 98 valence electrons. The number of carbonyl (C=O) groups is 1. The number of benzene rings is 1. The van der Waals surface area contributed by atoms with E-state index >= 15 is 0 Å². The third-order valence-electron chi connectivity index (χ3n) is 3.38. The van der Waals surface area contributed by atoms with Gasteiger partial charge in [0, 0.05) is 28.3 Å². The van der Waals surface area contributed by atoms with Crippen molar-refractivity contribution in [1.29, 1.82) is 0 Å². The number of Topliss-reactive ketones (excluding diaryl/α,β-unsaturated/α-hetero) is 1. The Labute approximate surface area is 129 Å². The molecule has 0 atom stereocenters. The van der Waals surface area contributed by atoms with E-state index in [0.717, 1.165) is 34.3 Å². The molecule has 0 fully saturated rings. The Balaban J connectivity index is 2.19. The second-order valence-electron chi connectivity index (χ2n) is 4.52. The molecule has 2 aromatic rings. The van der Waals surface area contributed by atoms with Crippen LogP contribution in [0, 0.1) is 0 Å². The smallest absolute Gasteiger partial charge is 0.164 e. The molecule has 1 heterocycles. The summed E-state index contributed by atoms with van der Waals surface area (Å²) in [6, 6.07) is 5.63. The first-order chi connectivity index (χ1) is 9.09. The van der Waals surface area contributed by atoms with Gasteiger partial charge < -0.3 is 4.57 Å². The van der Waals surface area contributed by atoms with Crippen LogP contribution in [-0.4, -0.2) is 10.4 Å². The molecule has 0 N–H and O–H groups in total. The van der Waals surface area contributed by atoms with E-state index in [1.54, 1.807) is 0 Å². The Morgan fingerprint density at radius 2 is 1.89 bits per heavy atom. The molecule has 3 rings (SSSR count). The van der Waals surface area contributed by atoms with Crippen LogP contribution in [0.4, 0.5) is 0 Å². The zero-order chi connectivity index (χ0) is 13.6. The van der Waals surface area contributed by atoms with Crippen molar-refractivity contribution in [3.63, 3.8) is 0 Å². The lowest BCUT2D eigenvalue weighted by molar-refractivity contribution is 0.0972. The molecule has 0 spiro atoms. The maximum absolute atomic E-state index is 11.9. The summed E-state index contributed by atoms with van der Waals surface area (Å²) < 4.78 is 2.73. The summed E-state index contributed by atoms with van der Waals surface area (Å²) in [4.78, 5) is 11.9. The van der Waals surface area contributed by atoms with Crippen LogP contribution in [0.25, 0.3) is 5.69 Å². The summed E-state index contributed by atoms with van der Waals surface area (Å²) in [5.41, 5.74) is 2.64. The Morgan fingerprint density at radius 3 is 2.68 bits per heavy atom. The molecule has 0 aliphatic heterocycles. The molecule has 0 bridgehead atoms. The molecule has 19 heavy (non-hydrogen) atoms. The van der Waals surface area contributed by atoms with Crippen LogP contribution in [0.5, 0.6) is 0 Å². The fraction of sp³-hybridized carbons (Fsp3) is 0.214. The molecule has 1 aromatic heterocycles. The van der Waals surface area contributed by atoms with Gasteiger partial charge in [0.15, 0.2) is 5.78 Å². The largest absolute Gasteiger partial charge is 0.319 e. The molecular formula is C14H10BrCl2NO. The molecule has 1 aliphatic carbocycles. The highest BCUT2D eigenvalue weighted by molar-refractivity contribution is 9.10. The van der Waals surface area contributed by atoms with Gasteiger partial charge in [-0.3, -0.25) is 4.79 Å². The highest BCUT2D eigenvalue weighted by atomic mass is 79.9. The van der Waals surface area contributed by atoms with Crippen molar-refractivity contribution >= 4 is 44.9 Å². The van der Waals surface area contributed by atoms with Gasteiger partial charge in [-0.05, 0) is 47.0 Å². The lowest BCUT2D eigenvalue weighted by atomic mass is 9.97. The number of aromatic nitrogens is 1. The molecule has 1 aromatic carbocycles. The molecule has 0 saturated heterocycles. The van der Waals surface area contributed by atoms with Crippen LogP contribution < -0.4 is 0 Å². The fourth-order valence-corrected chi connectivity index (χ4v) is 3.31. The number of nitrogens with zero attached hydrogens (tertiary/aromatic N) is 1. The third kappa shape index (κ3) is 2.14. The van der Waals surface area contributed by atoms with E-state index < -0.39 is 0 Å². The van der Waals surface area contributed by atoms with Crippen LogP contribution in [0.1, 0.15) is 28.9 Å². The van der Waals surface area contributed by atoms with Gasteiger partial charge in [-0.25, -0.2) is 0 Å². The van der Waals surface area contributed by atoms with E-state index in [9.17, 15) is 4.79 Å². The summed E-state index contributed by atoms with van der Waals surface area (Å²) in [6.45, 7) is 0. The molecule has 2 nitrogen and oxygen atoms in total. The summed E-state index contributed by atoms with van der Waals surface area (Å²) >= 11 is 15.8. The topological polar surface area (TPSA) is 22.0 Å². The van der Waals surface area contributed by atoms with Gasteiger partial charge in [-0.1, -0.05) is 23.2 Å². The Bertz CT molecular complexity index is 678. The Hall–Kier alpha value is -0.770. The van der Waals surface area contributed by atoms with E-state index in [2.05, 4.69) is 15.9 Å². The van der Waals surface area contributed by atoms with Crippen LogP contribution >= 0.6 is 39.1 Å². The van der Waals surface area contributed by atoms with Gasteiger partial charge in [0.05, 0.1) is 15.7 Å². The van der Waals surface area contributed by atoms with Crippen LogP contribution in [-0.2, 0) is 6.42 Å². The first-order valence-corrected chi connectivity index (χ1v) is 7.52. The average molecular weight is 359 g/mol. The lowest BCUT2D eigenvalue weighted by Crippen LogP contribution is -2.12. The van der Waals surface area contributed by atoms with E-state index in [1.165, 1.54) is 0 Å². The lowest BCUT2D eigenvalue weighted by Gasteiger charge is -2.16. The average Bonchev–Trinajstić information content (AvgIpc) is 2.82. The second kappa shape index (κ2) is 4.97. The minimum absolute atomic E-state index is 0.208. The summed E-state index contributed by atoms with van der Waals surface area (Å²) in [6.07, 6.45) is 4.29. The van der Waals surface area contributed by atoms with Gasteiger partial charge in [0.1, 0.15) is 0 Å². The maximum Gasteiger partial charge on any atom is 0.164 e. The molecule has 0 unspecified atom stereocenters. The van der Waals surface area contributed by atoms with Crippen molar-refractivity contribution in [1.82, 2.24) is 4.57 Å². The molecular weight excluding hydrogens is 349 g/mol. The molecule has 5 heteroatoms. The third-order valence-corrected chi connectivity index (χ3v) is 5.15. The van der Waals surface area contributed by atoms with Gasteiger partial charge in [0.2, 0.25) is 0 Å². The summed E-state index contributed by atoms with van der Waals surface area (Å²) in [5.74, 6) is 0.208. The van der Waals surface area contributed by atoms with Crippen molar-refractivity contribution in [2.45, 2.75) is 19.3 Å². The molecule has 1 aliphatic rings. The van der Waals surface area contributed by atoms with Gasteiger partial charge in [0.25, 0.3) is 0 Å². The second-order valence-corrected chi connectivity index (χ2v) is 6.13.